The van der Waals surface area contributed by atoms with E-state index in [4.69, 9.17) is 16.9 Å². The zero-order chi connectivity index (χ0) is 14.0. The first-order valence-corrected chi connectivity index (χ1v) is 6.33. The maximum absolute atomic E-state index is 8.94. The van der Waals surface area contributed by atoms with Crippen LogP contribution in [0.1, 0.15) is 32.2 Å². The summed E-state index contributed by atoms with van der Waals surface area (Å²) in [5, 5.41) is 9.35. The second-order valence-corrected chi connectivity index (χ2v) is 5.73. The van der Waals surface area contributed by atoms with Crippen LogP contribution in [0.5, 0.6) is 0 Å². The molecule has 0 aliphatic rings. The van der Waals surface area contributed by atoms with Gasteiger partial charge in [-0.3, -0.25) is 0 Å². The summed E-state index contributed by atoms with van der Waals surface area (Å²) in [4.78, 5) is 8.81. The third kappa shape index (κ3) is 3.10. The molecule has 0 spiro atoms. The molecule has 0 aliphatic carbocycles. The zero-order valence-corrected chi connectivity index (χ0v) is 11.9. The predicted octanol–water partition coefficient (Wildman–Crippen LogP) is 3.97. The molecule has 0 saturated carbocycles. The minimum atomic E-state index is -0.174. The molecule has 0 saturated heterocycles. The Morgan fingerprint density at radius 1 is 1.16 bits per heavy atom. The maximum Gasteiger partial charge on any atom is 0.136 e. The number of halogens is 1. The largest absolute Gasteiger partial charge is 0.232 e. The van der Waals surface area contributed by atoms with Crippen LogP contribution in [-0.4, -0.2) is 9.97 Å². The fourth-order valence-corrected chi connectivity index (χ4v) is 1.83. The summed E-state index contributed by atoms with van der Waals surface area (Å²) in [6.45, 7) is 6.11. The molecule has 0 bridgehead atoms. The quantitative estimate of drug-likeness (QED) is 0.738. The van der Waals surface area contributed by atoms with Gasteiger partial charge in [-0.25, -0.2) is 9.97 Å². The Morgan fingerprint density at radius 3 is 2.53 bits per heavy atom. The average Bonchev–Trinajstić information content (AvgIpc) is 2.37. The fraction of sp³-hybridized carbons (Fsp3) is 0.267. The number of benzene rings is 1. The molecule has 0 N–H and O–H groups in total. The van der Waals surface area contributed by atoms with Gasteiger partial charge in [0.05, 0.1) is 17.3 Å². The molecule has 3 nitrogen and oxygen atoms in total. The molecule has 96 valence electrons. The van der Waals surface area contributed by atoms with Crippen LogP contribution < -0.4 is 0 Å². The number of hydrogen-bond donors (Lipinski definition) is 0. The van der Waals surface area contributed by atoms with Gasteiger partial charge in [-0.05, 0) is 12.1 Å². The number of nitriles is 1. The zero-order valence-electron chi connectivity index (χ0n) is 11.1. The molecular weight excluding hydrogens is 258 g/mol. The predicted molar refractivity (Wildman–Crippen MR) is 75.9 cm³/mol. The van der Waals surface area contributed by atoms with Crippen molar-refractivity contribution in [2.75, 3.05) is 0 Å². The Morgan fingerprint density at radius 2 is 1.89 bits per heavy atom. The van der Waals surface area contributed by atoms with Gasteiger partial charge in [0.1, 0.15) is 11.0 Å². The van der Waals surface area contributed by atoms with Crippen LogP contribution in [0.25, 0.3) is 11.3 Å². The molecule has 0 aliphatic heterocycles. The lowest BCUT2D eigenvalue weighted by atomic mass is 9.95. The average molecular weight is 272 g/mol. The van der Waals surface area contributed by atoms with E-state index in [2.05, 4.69) is 16.0 Å². The van der Waals surface area contributed by atoms with Crippen molar-refractivity contribution in [3.8, 4) is 17.3 Å². The van der Waals surface area contributed by atoms with Gasteiger partial charge in [0.2, 0.25) is 0 Å². The van der Waals surface area contributed by atoms with E-state index in [1.165, 1.54) is 0 Å². The fourth-order valence-electron chi connectivity index (χ4n) is 1.65. The van der Waals surface area contributed by atoms with Gasteiger partial charge in [-0.1, -0.05) is 44.5 Å². The lowest BCUT2D eigenvalue weighted by Crippen LogP contribution is -2.16. The van der Waals surface area contributed by atoms with E-state index in [1.807, 2.05) is 32.9 Å². The molecule has 0 radical (unpaired) electrons. The van der Waals surface area contributed by atoms with Crippen LogP contribution in [-0.2, 0) is 5.41 Å². The number of nitrogens with zero attached hydrogens (tertiary/aromatic N) is 3. The minimum absolute atomic E-state index is 0.174. The number of hydrogen-bond acceptors (Lipinski definition) is 3. The van der Waals surface area contributed by atoms with Crippen molar-refractivity contribution in [3.05, 3.63) is 46.9 Å². The maximum atomic E-state index is 8.94. The second-order valence-electron chi connectivity index (χ2n) is 5.34. The van der Waals surface area contributed by atoms with Crippen LogP contribution in [0, 0.1) is 11.3 Å². The Labute approximate surface area is 117 Å². The van der Waals surface area contributed by atoms with Crippen molar-refractivity contribution in [2.45, 2.75) is 26.2 Å². The Hall–Kier alpha value is -1.92. The van der Waals surface area contributed by atoms with Crippen molar-refractivity contribution in [3.63, 3.8) is 0 Å². The summed E-state index contributed by atoms with van der Waals surface area (Å²) in [7, 11) is 0. The molecule has 1 heterocycles. The van der Waals surface area contributed by atoms with Gasteiger partial charge < -0.3 is 0 Å². The molecule has 0 fully saturated rings. The molecule has 4 heteroatoms. The molecule has 0 unspecified atom stereocenters. The highest BCUT2D eigenvalue weighted by molar-refractivity contribution is 6.29. The first-order valence-electron chi connectivity index (χ1n) is 5.96. The third-order valence-corrected chi connectivity index (χ3v) is 2.85. The van der Waals surface area contributed by atoms with Gasteiger partial charge >= 0.3 is 0 Å². The summed E-state index contributed by atoms with van der Waals surface area (Å²) >= 11 is 6.06. The smallest absolute Gasteiger partial charge is 0.136 e. The molecule has 1 aromatic carbocycles. The van der Waals surface area contributed by atoms with Gasteiger partial charge in [-0.15, -0.1) is 0 Å². The molecular formula is C15H14ClN3. The highest BCUT2D eigenvalue weighted by Gasteiger charge is 2.19. The van der Waals surface area contributed by atoms with Crippen LogP contribution in [0.4, 0.5) is 0 Å². The van der Waals surface area contributed by atoms with Gasteiger partial charge in [0.25, 0.3) is 0 Å². The lowest BCUT2D eigenvalue weighted by molar-refractivity contribution is 0.546. The molecule has 0 atom stereocenters. The van der Waals surface area contributed by atoms with E-state index in [-0.39, 0.29) is 5.41 Å². The van der Waals surface area contributed by atoms with E-state index >= 15 is 0 Å². The van der Waals surface area contributed by atoms with E-state index in [0.29, 0.717) is 16.5 Å². The van der Waals surface area contributed by atoms with E-state index in [1.54, 1.807) is 18.2 Å². The van der Waals surface area contributed by atoms with Crippen LogP contribution in [0.2, 0.25) is 5.15 Å². The number of aromatic nitrogens is 2. The summed E-state index contributed by atoms with van der Waals surface area (Å²) in [6.07, 6.45) is 0. The van der Waals surface area contributed by atoms with Crippen LogP contribution >= 0.6 is 11.6 Å². The van der Waals surface area contributed by atoms with Gasteiger partial charge in [0.15, 0.2) is 0 Å². The summed E-state index contributed by atoms with van der Waals surface area (Å²) in [6, 6.07) is 11.1. The first-order chi connectivity index (χ1) is 8.90. The van der Waals surface area contributed by atoms with Crippen molar-refractivity contribution >= 4 is 11.6 Å². The summed E-state index contributed by atoms with van der Waals surface area (Å²) < 4.78 is 0. The normalized spacial score (nSPS) is 11.1. The standard InChI is InChI=1S/C15H14ClN3/c1-15(2,3)14-18-12(8-13(16)19-14)11-6-4-5-10(7-11)9-17/h4-8H,1-3H3. The van der Waals surface area contributed by atoms with Crippen molar-refractivity contribution in [2.24, 2.45) is 0 Å². The second kappa shape index (κ2) is 4.99. The molecule has 0 amide bonds. The van der Waals surface area contributed by atoms with Crippen LogP contribution in [0.15, 0.2) is 30.3 Å². The van der Waals surface area contributed by atoms with Gasteiger partial charge in [0, 0.05) is 17.0 Å². The van der Waals surface area contributed by atoms with E-state index < -0.39 is 0 Å². The van der Waals surface area contributed by atoms with Gasteiger partial charge in [-0.2, -0.15) is 5.26 Å². The SMILES string of the molecule is CC(C)(C)c1nc(Cl)cc(-c2cccc(C#N)c2)n1. The minimum Gasteiger partial charge on any atom is -0.232 e. The first kappa shape index (κ1) is 13.5. The monoisotopic (exact) mass is 271 g/mol. The lowest BCUT2D eigenvalue weighted by Gasteiger charge is -2.17. The van der Waals surface area contributed by atoms with Crippen molar-refractivity contribution in [1.29, 1.82) is 5.26 Å². The van der Waals surface area contributed by atoms with Crippen molar-refractivity contribution < 1.29 is 0 Å². The highest BCUT2D eigenvalue weighted by Crippen LogP contribution is 2.25. The Bertz CT molecular complexity index is 651. The molecule has 19 heavy (non-hydrogen) atoms. The number of rotatable bonds is 1. The topological polar surface area (TPSA) is 49.6 Å². The third-order valence-electron chi connectivity index (χ3n) is 2.65. The summed E-state index contributed by atoms with van der Waals surface area (Å²) in [5.74, 6) is 0.692. The summed E-state index contributed by atoms with van der Waals surface area (Å²) in [5.41, 5.74) is 2.03. The molecule has 2 aromatic rings. The Balaban J connectivity index is 2.57. The molecule has 1 aromatic heterocycles. The van der Waals surface area contributed by atoms with Crippen molar-refractivity contribution in [1.82, 2.24) is 9.97 Å². The molecule has 2 rings (SSSR count). The van der Waals surface area contributed by atoms with E-state index in [0.717, 1.165) is 11.3 Å². The Kier molecular flexibility index (Phi) is 3.55. The van der Waals surface area contributed by atoms with Crippen LogP contribution in [0.3, 0.4) is 0 Å². The highest BCUT2D eigenvalue weighted by atomic mass is 35.5. The van der Waals surface area contributed by atoms with E-state index in [9.17, 15) is 0 Å².